The Labute approximate surface area is 161 Å². The number of fused-ring (bicyclic) bond motifs is 2. The van der Waals surface area contributed by atoms with Crippen molar-refractivity contribution in [2.24, 2.45) is 0 Å². The summed E-state index contributed by atoms with van der Waals surface area (Å²) in [5.74, 6) is 0.700. The lowest BCUT2D eigenvalue weighted by molar-refractivity contribution is 0.103. The summed E-state index contributed by atoms with van der Waals surface area (Å²) in [6.07, 6.45) is 3.84. The number of nitriles is 2. The number of carbonyl (C=O) groups excluding carboxylic acids is 1. The normalized spacial score (nSPS) is 12.6. The van der Waals surface area contributed by atoms with Crippen LogP contribution >= 0.6 is 0 Å². The van der Waals surface area contributed by atoms with E-state index in [1.165, 1.54) is 0 Å². The third-order valence-electron chi connectivity index (χ3n) is 4.58. The summed E-state index contributed by atoms with van der Waals surface area (Å²) in [5, 5.41) is 19.4. The molecule has 0 bridgehead atoms. The maximum Gasteiger partial charge on any atom is 0.231 e. The van der Waals surface area contributed by atoms with E-state index in [2.05, 4.69) is 6.07 Å². The maximum absolute atomic E-state index is 12.9. The molecule has 0 amide bonds. The molecular weight excluding hydrogens is 354 g/mol. The van der Waals surface area contributed by atoms with Crippen molar-refractivity contribution in [1.29, 1.82) is 10.5 Å². The second kappa shape index (κ2) is 7.30. The molecule has 28 heavy (non-hydrogen) atoms. The number of hydrogen-bond donors (Lipinski definition) is 0. The van der Waals surface area contributed by atoms with Gasteiger partial charge in [0, 0.05) is 34.8 Å². The SMILES string of the molecule is N#CCCn1cc(/C=C(/C#N)C(=O)c2ccc3c(c2)OCO3)c2ccccc21. The zero-order valence-electron chi connectivity index (χ0n) is 14.9. The molecule has 1 aliphatic heterocycles. The number of carbonyl (C=O) groups is 1. The van der Waals surface area contributed by atoms with Gasteiger partial charge >= 0.3 is 0 Å². The Balaban J connectivity index is 1.73. The van der Waals surface area contributed by atoms with Crippen LogP contribution in [-0.4, -0.2) is 17.1 Å². The molecule has 1 aliphatic rings. The van der Waals surface area contributed by atoms with Gasteiger partial charge in [0.05, 0.1) is 12.5 Å². The van der Waals surface area contributed by atoms with E-state index in [-0.39, 0.29) is 18.1 Å². The van der Waals surface area contributed by atoms with Crippen molar-refractivity contribution in [2.45, 2.75) is 13.0 Å². The molecular formula is C22H15N3O3. The molecule has 0 N–H and O–H groups in total. The third-order valence-corrected chi connectivity index (χ3v) is 4.58. The average molecular weight is 369 g/mol. The van der Waals surface area contributed by atoms with E-state index in [0.29, 0.717) is 30.0 Å². The lowest BCUT2D eigenvalue weighted by Gasteiger charge is -2.01. The molecule has 0 fully saturated rings. The molecule has 0 radical (unpaired) electrons. The van der Waals surface area contributed by atoms with Gasteiger partial charge in [0.1, 0.15) is 11.6 Å². The number of para-hydroxylation sites is 1. The van der Waals surface area contributed by atoms with E-state index in [0.717, 1.165) is 16.5 Å². The van der Waals surface area contributed by atoms with Crippen molar-refractivity contribution in [1.82, 2.24) is 4.57 Å². The number of ketones is 1. The van der Waals surface area contributed by atoms with Crippen LogP contribution in [-0.2, 0) is 6.54 Å². The Kier molecular flexibility index (Phi) is 4.53. The van der Waals surface area contributed by atoms with Crippen LogP contribution in [0, 0.1) is 22.7 Å². The lowest BCUT2D eigenvalue weighted by Crippen LogP contribution is -2.02. The zero-order chi connectivity index (χ0) is 19.5. The predicted octanol–water partition coefficient (Wildman–Crippen LogP) is 4.07. The van der Waals surface area contributed by atoms with Gasteiger partial charge in [-0.1, -0.05) is 18.2 Å². The summed E-state index contributed by atoms with van der Waals surface area (Å²) < 4.78 is 12.5. The van der Waals surface area contributed by atoms with Crippen molar-refractivity contribution < 1.29 is 14.3 Å². The highest BCUT2D eigenvalue weighted by atomic mass is 16.7. The van der Waals surface area contributed by atoms with Gasteiger partial charge in [-0.2, -0.15) is 10.5 Å². The van der Waals surface area contributed by atoms with Crippen molar-refractivity contribution >= 4 is 22.8 Å². The van der Waals surface area contributed by atoms with Gasteiger partial charge in [-0.15, -0.1) is 0 Å². The van der Waals surface area contributed by atoms with Gasteiger partial charge in [0.25, 0.3) is 0 Å². The molecule has 1 aromatic heterocycles. The fraction of sp³-hybridized carbons (Fsp3) is 0.136. The number of Topliss-reactive ketones (excluding diaryl/α,β-unsaturated/α-hetero) is 1. The molecule has 0 spiro atoms. The third kappa shape index (κ3) is 3.08. The van der Waals surface area contributed by atoms with E-state index in [9.17, 15) is 10.1 Å². The number of nitrogens with zero attached hydrogens (tertiary/aromatic N) is 3. The van der Waals surface area contributed by atoms with Gasteiger partial charge in [-0.25, -0.2) is 0 Å². The first-order chi connectivity index (χ1) is 13.7. The Morgan fingerprint density at radius 3 is 2.79 bits per heavy atom. The smallest absolute Gasteiger partial charge is 0.231 e. The van der Waals surface area contributed by atoms with Crippen LogP contribution in [0.15, 0.2) is 54.2 Å². The summed E-state index contributed by atoms with van der Waals surface area (Å²) >= 11 is 0. The fourth-order valence-corrected chi connectivity index (χ4v) is 3.24. The van der Waals surface area contributed by atoms with Crippen molar-refractivity contribution in [3.8, 4) is 23.6 Å². The maximum atomic E-state index is 12.9. The summed E-state index contributed by atoms with van der Waals surface area (Å²) in [6, 6.07) is 16.7. The van der Waals surface area contributed by atoms with Crippen molar-refractivity contribution in [3.63, 3.8) is 0 Å². The Morgan fingerprint density at radius 2 is 1.96 bits per heavy atom. The molecule has 0 atom stereocenters. The minimum Gasteiger partial charge on any atom is -0.454 e. The Hall–Kier alpha value is -4.03. The largest absolute Gasteiger partial charge is 0.454 e. The molecule has 0 aliphatic carbocycles. The number of allylic oxidation sites excluding steroid dienone is 1. The van der Waals surface area contributed by atoms with Crippen LogP contribution in [0.2, 0.25) is 0 Å². The van der Waals surface area contributed by atoms with Gasteiger partial charge in [0.15, 0.2) is 11.5 Å². The van der Waals surface area contributed by atoms with Crippen LogP contribution < -0.4 is 9.47 Å². The van der Waals surface area contributed by atoms with Gasteiger partial charge in [-0.05, 0) is 30.3 Å². The summed E-state index contributed by atoms with van der Waals surface area (Å²) in [5.41, 5.74) is 2.11. The predicted molar refractivity (Wildman–Crippen MR) is 103 cm³/mol. The summed E-state index contributed by atoms with van der Waals surface area (Å²) in [6.45, 7) is 0.666. The fourth-order valence-electron chi connectivity index (χ4n) is 3.24. The van der Waals surface area contributed by atoms with Crippen LogP contribution in [0.3, 0.4) is 0 Å². The highest BCUT2D eigenvalue weighted by molar-refractivity contribution is 6.15. The summed E-state index contributed by atoms with van der Waals surface area (Å²) in [7, 11) is 0. The zero-order valence-corrected chi connectivity index (χ0v) is 14.9. The van der Waals surface area contributed by atoms with Crippen molar-refractivity contribution in [3.05, 3.63) is 65.4 Å². The first-order valence-electron chi connectivity index (χ1n) is 8.72. The molecule has 0 saturated heterocycles. The molecule has 6 nitrogen and oxygen atoms in total. The first kappa shape index (κ1) is 17.4. The van der Waals surface area contributed by atoms with Crippen molar-refractivity contribution in [2.75, 3.05) is 6.79 Å². The number of aromatic nitrogens is 1. The minimum absolute atomic E-state index is 0.0297. The first-order valence-corrected chi connectivity index (χ1v) is 8.72. The minimum atomic E-state index is -0.380. The van der Waals surface area contributed by atoms with Crippen LogP contribution in [0.1, 0.15) is 22.3 Å². The highest BCUT2D eigenvalue weighted by Crippen LogP contribution is 2.33. The van der Waals surface area contributed by atoms with Crippen LogP contribution in [0.25, 0.3) is 17.0 Å². The van der Waals surface area contributed by atoms with Crippen LogP contribution in [0.5, 0.6) is 11.5 Å². The Bertz CT molecular complexity index is 1190. The summed E-state index contributed by atoms with van der Waals surface area (Å²) in [4.78, 5) is 12.9. The van der Waals surface area contributed by atoms with Gasteiger partial charge < -0.3 is 14.0 Å². The van der Waals surface area contributed by atoms with E-state index < -0.39 is 0 Å². The number of ether oxygens (including phenoxy) is 2. The lowest BCUT2D eigenvalue weighted by atomic mass is 10.0. The monoisotopic (exact) mass is 369 g/mol. The van der Waals surface area contributed by atoms with E-state index in [1.54, 1.807) is 24.3 Å². The van der Waals surface area contributed by atoms with Gasteiger partial charge in [-0.3, -0.25) is 4.79 Å². The highest BCUT2D eigenvalue weighted by Gasteiger charge is 2.19. The van der Waals surface area contributed by atoms with E-state index in [1.807, 2.05) is 41.1 Å². The average Bonchev–Trinajstić information content (AvgIpc) is 3.34. The molecule has 0 unspecified atom stereocenters. The number of benzene rings is 2. The number of aryl methyl sites for hydroxylation is 1. The molecule has 0 saturated carbocycles. The topological polar surface area (TPSA) is 88.0 Å². The molecule has 2 aromatic carbocycles. The number of hydrogen-bond acceptors (Lipinski definition) is 5. The molecule has 3 aromatic rings. The molecule has 136 valence electrons. The molecule has 6 heteroatoms. The quantitative estimate of drug-likeness (QED) is 0.384. The standard InChI is InChI=1S/C22H15N3O3/c23-8-3-9-25-13-17(18-4-1-2-5-19(18)25)10-16(12-24)22(26)15-6-7-20-21(11-15)28-14-27-20/h1-2,4-7,10-11,13H,3,9,14H2/b16-10-. The Morgan fingerprint density at radius 1 is 1.14 bits per heavy atom. The second-order valence-corrected chi connectivity index (χ2v) is 6.27. The second-order valence-electron chi connectivity index (χ2n) is 6.27. The number of rotatable bonds is 5. The van der Waals surface area contributed by atoms with Crippen LogP contribution in [0.4, 0.5) is 0 Å². The molecule has 2 heterocycles. The van der Waals surface area contributed by atoms with Gasteiger partial charge in [0.2, 0.25) is 12.6 Å². The van der Waals surface area contributed by atoms with E-state index >= 15 is 0 Å². The molecule has 4 rings (SSSR count). The van der Waals surface area contributed by atoms with E-state index in [4.69, 9.17) is 14.7 Å².